The van der Waals surface area contributed by atoms with Crippen molar-refractivity contribution in [1.29, 1.82) is 0 Å². The zero-order valence-electron chi connectivity index (χ0n) is 17.1. The highest BCUT2D eigenvalue weighted by Gasteiger charge is 2.30. The van der Waals surface area contributed by atoms with Crippen molar-refractivity contribution in [3.05, 3.63) is 83.6 Å². The van der Waals surface area contributed by atoms with E-state index in [0.717, 1.165) is 29.8 Å². The van der Waals surface area contributed by atoms with Crippen LogP contribution in [0.25, 0.3) is 11.0 Å². The number of benzene rings is 2. The van der Waals surface area contributed by atoms with Crippen molar-refractivity contribution in [2.24, 2.45) is 0 Å². The fraction of sp³-hybridized carbons (Fsp3) is 0.182. The molecule has 0 unspecified atom stereocenters. The largest absolute Gasteiger partial charge is 0.416 e. The Hall–Kier alpha value is -4.02. The molecule has 0 saturated heterocycles. The number of rotatable bonds is 7. The third-order valence-corrected chi connectivity index (χ3v) is 4.89. The maximum Gasteiger partial charge on any atom is 0.416 e. The van der Waals surface area contributed by atoms with Crippen LogP contribution in [-0.2, 0) is 19.3 Å². The molecule has 11 heteroatoms. The van der Waals surface area contributed by atoms with Crippen molar-refractivity contribution in [3.63, 3.8) is 0 Å². The van der Waals surface area contributed by atoms with Gasteiger partial charge in [0.25, 0.3) is 5.91 Å². The van der Waals surface area contributed by atoms with Gasteiger partial charge in [0.05, 0.1) is 23.7 Å². The standard InChI is InChI=1S/C22H18F4N6O/c23-17-7-1-14(2-8-17)11-28-19-18-12-31-32(20(18)30-13-29-19)10-9-27-21(33)15-3-5-16(6-4-15)22(24,25)26/h1-8,12-13H,9-11H2,(H,27,33)(H,28,29,30). The number of fused-ring (bicyclic) bond motifs is 1. The lowest BCUT2D eigenvalue weighted by molar-refractivity contribution is -0.137. The van der Waals surface area contributed by atoms with Crippen LogP contribution < -0.4 is 10.6 Å². The molecule has 170 valence electrons. The van der Waals surface area contributed by atoms with Crippen LogP contribution in [0.5, 0.6) is 0 Å². The third-order valence-electron chi connectivity index (χ3n) is 4.89. The van der Waals surface area contributed by atoms with Crippen molar-refractivity contribution < 1.29 is 22.4 Å². The van der Waals surface area contributed by atoms with E-state index < -0.39 is 17.6 Å². The smallest absolute Gasteiger partial charge is 0.365 e. The van der Waals surface area contributed by atoms with Crippen molar-refractivity contribution >= 4 is 22.8 Å². The minimum Gasteiger partial charge on any atom is -0.365 e. The molecule has 0 bridgehead atoms. The molecule has 2 aromatic heterocycles. The van der Waals surface area contributed by atoms with E-state index in [1.165, 1.54) is 18.5 Å². The third kappa shape index (κ3) is 5.25. The molecule has 2 aromatic carbocycles. The van der Waals surface area contributed by atoms with Crippen LogP contribution in [0, 0.1) is 5.82 Å². The summed E-state index contributed by atoms with van der Waals surface area (Å²) in [5.41, 5.74) is 0.741. The van der Waals surface area contributed by atoms with Gasteiger partial charge in [-0.05, 0) is 42.0 Å². The second-order valence-electron chi connectivity index (χ2n) is 7.14. The SMILES string of the molecule is O=C(NCCn1ncc2c(NCc3ccc(F)cc3)ncnc21)c1ccc(C(F)(F)F)cc1. The molecule has 1 amide bonds. The summed E-state index contributed by atoms with van der Waals surface area (Å²) in [6.45, 7) is 0.921. The van der Waals surface area contributed by atoms with Crippen molar-refractivity contribution in [2.45, 2.75) is 19.3 Å². The maximum absolute atomic E-state index is 13.0. The number of nitrogens with zero attached hydrogens (tertiary/aromatic N) is 4. The molecular weight excluding hydrogens is 440 g/mol. The molecule has 0 spiro atoms. The predicted octanol–water partition coefficient (Wildman–Crippen LogP) is 4.03. The van der Waals surface area contributed by atoms with E-state index in [4.69, 9.17) is 0 Å². The van der Waals surface area contributed by atoms with Gasteiger partial charge in [0, 0.05) is 18.7 Å². The van der Waals surface area contributed by atoms with Gasteiger partial charge in [0.1, 0.15) is 18.0 Å². The summed E-state index contributed by atoms with van der Waals surface area (Å²) < 4.78 is 52.6. The molecule has 0 atom stereocenters. The Bertz CT molecular complexity index is 1250. The lowest BCUT2D eigenvalue weighted by Gasteiger charge is -2.09. The number of anilines is 1. The average molecular weight is 458 g/mol. The van der Waals surface area contributed by atoms with E-state index in [9.17, 15) is 22.4 Å². The lowest BCUT2D eigenvalue weighted by Crippen LogP contribution is -2.27. The summed E-state index contributed by atoms with van der Waals surface area (Å²) in [6.07, 6.45) is -1.47. The van der Waals surface area contributed by atoms with Gasteiger partial charge in [-0.3, -0.25) is 4.79 Å². The fourth-order valence-electron chi connectivity index (χ4n) is 3.17. The number of hydrogen-bond donors (Lipinski definition) is 2. The van der Waals surface area contributed by atoms with Crippen LogP contribution in [0.15, 0.2) is 61.1 Å². The van der Waals surface area contributed by atoms with Crippen LogP contribution in [0.1, 0.15) is 21.5 Å². The summed E-state index contributed by atoms with van der Waals surface area (Å²) in [6, 6.07) is 10.1. The van der Waals surface area contributed by atoms with Crippen molar-refractivity contribution in [3.8, 4) is 0 Å². The van der Waals surface area contributed by atoms with E-state index in [-0.39, 0.29) is 17.9 Å². The zero-order chi connectivity index (χ0) is 23.4. The molecule has 2 N–H and O–H groups in total. The number of amides is 1. The number of halogens is 4. The second-order valence-corrected chi connectivity index (χ2v) is 7.14. The summed E-state index contributed by atoms with van der Waals surface area (Å²) >= 11 is 0. The number of carbonyl (C=O) groups excluding carboxylic acids is 1. The van der Waals surface area contributed by atoms with Gasteiger partial charge in [-0.2, -0.15) is 18.3 Å². The minimum atomic E-state index is -4.45. The first kappa shape index (κ1) is 22.2. The minimum absolute atomic E-state index is 0.128. The Kier molecular flexibility index (Phi) is 6.20. The van der Waals surface area contributed by atoms with E-state index in [1.54, 1.807) is 23.0 Å². The van der Waals surface area contributed by atoms with Crippen LogP contribution in [0.2, 0.25) is 0 Å². The molecule has 2 heterocycles. The molecule has 0 aliphatic heterocycles. The summed E-state index contributed by atoms with van der Waals surface area (Å²) in [7, 11) is 0. The van der Waals surface area contributed by atoms with Crippen LogP contribution >= 0.6 is 0 Å². The van der Waals surface area contributed by atoms with Gasteiger partial charge in [-0.1, -0.05) is 12.1 Å². The van der Waals surface area contributed by atoms with Gasteiger partial charge < -0.3 is 10.6 Å². The molecular formula is C22H18F4N6O. The monoisotopic (exact) mass is 458 g/mol. The Morgan fingerprint density at radius 3 is 2.42 bits per heavy atom. The molecule has 0 radical (unpaired) electrons. The number of carbonyl (C=O) groups is 1. The summed E-state index contributed by atoms with van der Waals surface area (Å²) in [5.74, 6) is -0.240. The van der Waals surface area contributed by atoms with Crippen molar-refractivity contribution in [1.82, 2.24) is 25.1 Å². The molecule has 0 aliphatic carbocycles. The topological polar surface area (TPSA) is 84.7 Å². The Morgan fingerprint density at radius 1 is 1.00 bits per heavy atom. The summed E-state index contributed by atoms with van der Waals surface area (Å²) in [4.78, 5) is 20.7. The molecule has 4 rings (SSSR count). The van der Waals surface area contributed by atoms with Crippen LogP contribution in [-0.4, -0.2) is 32.2 Å². The highest BCUT2D eigenvalue weighted by Crippen LogP contribution is 2.29. The quantitative estimate of drug-likeness (QED) is 0.409. The maximum atomic E-state index is 13.0. The Morgan fingerprint density at radius 2 is 1.73 bits per heavy atom. The fourth-order valence-corrected chi connectivity index (χ4v) is 3.17. The van der Waals surface area contributed by atoms with Gasteiger partial charge in [0.15, 0.2) is 5.65 Å². The molecule has 0 aliphatic rings. The van der Waals surface area contributed by atoms with E-state index in [1.807, 2.05) is 0 Å². The first-order valence-electron chi connectivity index (χ1n) is 9.91. The van der Waals surface area contributed by atoms with Gasteiger partial charge in [-0.25, -0.2) is 19.0 Å². The predicted molar refractivity (Wildman–Crippen MR) is 113 cm³/mol. The van der Waals surface area contributed by atoms with E-state index in [2.05, 4.69) is 25.7 Å². The molecule has 7 nitrogen and oxygen atoms in total. The van der Waals surface area contributed by atoms with Crippen LogP contribution in [0.3, 0.4) is 0 Å². The van der Waals surface area contributed by atoms with Gasteiger partial charge in [0.2, 0.25) is 0 Å². The second kappa shape index (κ2) is 9.23. The number of nitrogens with one attached hydrogen (secondary N) is 2. The molecule has 0 fully saturated rings. The van der Waals surface area contributed by atoms with Gasteiger partial charge >= 0.3 is 6.18 Å². The molecule has 0 saturated carbocycles. The molecule has 33 heavy (non-hydrogen) atoms. The number of alkyl halides is 3. The normalized spacial score (nSPS) is 11.5. The molecule has 4 aromatic rings. The number of aromatic nitrogens is 4. The first-order valence-corrected chi connectivity index (χ1v) is 9.91. The van der Waals surface area contributed by atoms with E-state index >= 15 is 0 Å². The highest BCUT2D eigenvalue weighted by atomic mass is 19.4. The lowest BCUT2D eigenvalue weighted by atomic mass is 10.1. The zero-order valence-corrected chi connectivity index (χ0v) is 17.1. The Balaban J connectivity index is 1.37. The van der Waals surface area contributed by atoms with E-state index in [0.29, 0.717) is 29.9 Å². The Labute approximate surface area is 185 Å². The van der Waals surface area contributed by atoms with Crippen LogP contribution in [0.4, 0.5) is 23.4 Å². The first-order chi connectivity index (χ1) is 15.8. The van der Waals surface area contributed by atoms with Crippen molar-refractivity contribution in [2.75, 3.05) is 11.9 Å². The highest BCUT2D eigenvalue weighted by molar-refractivity contribution is 5.94. The summed E-state index contributed by atoms with van der Waals surface area (Å²) in [5, 5.41) is 10.8. The average Bonchev–Trinajstić information content (AvgIpc) is 3.22. The number of hydrogen-bond acceptors (Lipinski definition) is 5. The van der Waals surface area contributed by atoms with Gasteiger partial charge in [-0.15, -0.1) is 0 Å².